The van der Waals surface area contributed by atoms with Gasteiger partial charge in [0.15, 0.2) is 0 Å². The van der Waals surface area contributed by atoms with Gasteiger partial charge in [-0.1, -0.05) is 0 Å². The average molecular weight is 364 g/mol. The van der Waals surface area contributed by atoms with E-state index in [1.54, 1.807) is 22.7 Å². The lowest BCUT2D eigenvalue weighted by Crippen LogP contribution is -2.15. The van der Waals surface area contributed by atoms with Crippen molar-refractivity contribution in [2.24, 2.45) is 0 Å². The van der Waals surface area contributed by atoms with Crippen LogP contribution in [0.5, 0.6) is 5.75 Å². The highest BCUT2D eigenvalue weighted by Gasteiger charge is 2.14. The van der Waals surface area contributed by atoms with Crippen LogP contribution in [0.2, 0.25) is 0 Å². The summed E-state index contributed by atoms with van der Waals surface area (Å²) in [5.41, 5.74) is 3.69. The van der Waals surface area contributed by atoms with E-state index in [0.29, 0.717) is 35.8 Å². The summed E-state index contributed by atoms with van der Waals surface area (Å²) in [6, 6.07) is 7.03. The zero-order valence-electron chi connectivity index (χ0n) is 15.5. The minimum absolute atomic E-state index is 0.163. The van der Waals surface area contributed by atoms with E-state index in [1.807, 2.05) is 20.8 Å². The molecule has 1 N–H and O–H groups in total. The Morgan fingerprint density at radius 3 is 2.93 bits per heavy atom. The molecule has 0 aliphatic heterocycles. The fraction of sp³-hybridized carbons (Fsp3) is 0.316. The van der Waals surface area contributed by atoms with Gasteiger partial charge in [-0.15, -0.1) is 0 Å². The third kappa shape index (κ3) is 3.87. The molecule has 2 aromatic heterocycles. The van der Waals surface area contributed by atoms with Gasteiger partial charge < -0.3 is 10.1 Å². The first-order chi connectivity index (χ1) is 13.0. The van der Waals surface area contributed by atoms with E-state index in [0.717, 1.165) is 17.0 Å². The Balaban J connectivity index is 1.75. The van der Waals surface area contributed by atoms with Crippen LogP contribution in [0.15, 0.2) is 24.5 Å². The summed E-state index contributed by atoms with van der Waals surface area (Å²) in [7, 11) is 0. The zero-order valence-corrected chi connectivity index (χ0v) is 15.5. The van der Waals surface area contributed by atoms with Crippen molar-refractivity contribution in [1.82, 2.24) is 19.6 Å². The van der Waals surface area contributed by atoms with Gasteiger partial charge in [0, 0.05) is 17.8 Å². The molecule has 0 bridgehead atoms. The molecule has 0 spiro atoms. The van der Waals surface area contributed by atoms with Gasteiger partial charge in [0.2, 0.25) is 5.91 Å². The van der Waals surface area contributed by atoms with Crippen LogP contribution < -0.4 is 10.1 Å². The molecule has 1 aromatic carbocycles. The highest BCUT2D eigenvalue weighted by Crippen LogP contribution is 2.26. The topological polar surface area (TPSA) is 105 Å². The molecule has 0 saturated carbocycles. The monoisotopic (exact) mass is 364 g/mol. The lowest BCUT2D eigenvalue weighted by Gasteiger charge is -2.13. The number of nitrogens with zero attached hydrogens (tertiary/aromatic N) is 5. The molecule has 0 radical (unpaired) electrons. The number of ether oxygens (including phenoxy) is 1. The van der Waals surface area contributed by atoms with Crippen molar-refractivity contribution in [3.8, 4) is 11.8 Å². The molecule has 8 heteroatoms. The molecule has 0 atom stereocenters. The zero-order chi connectivity index (χ0) is 19.4. The van der Waals surface area contributed by atoms with Crippen molar-refractivity contribution in [2.45, 2.75) is 33.6 Å². The molecule has 0 unspecified atom stereocenters. The van der Waals surface area contributed by atoms with Gasteiger partial charge in [0.25, 0.3) is 5.78 Å². The van der Waals surface area contributed by atoms with Gasteiger partial charge in [0.1, 0.15) is 12.1 Å². The molecule has 3 rings (SSSR count). The van der Waals surface area contributed by atoms with Gasteiger partial charge >= 0.3 is 0 Å². The number of rotatable bonds is 6. The van der Waals surface area contributed by atoms with Crippen molar-refractivity contribution in [3.05, 3.63) is 47.0 Å². The Labute approximate surface area is 156 Å². The minimum atomic E-state index is -0.163. The molecule has 1 amide bonds. The first-order valence-corrected chi connectivity index (χ1v) is 8.66. The Hall–Kier alpha value is -3.47. The van der Waals surface area contributed by atoms with Crippen LogP contribution in [0.3, 0.4) is 0 Å². The van der Waals surface area contributed by atoms with Gasteiger partial charge in [-0.05, 0) is 51.0 Å². The predicted molar refractivity (Wildman–Crippen MR) is 99.5 cm³/mol. The van der Waals surface area contributed by atoms with E-state index >= 15 is 0 Å². The van der Waals surface area contributed by atoms with E-state index in [-0.39, 0.29) is 12.3 Å². The number of hydrogen-bond acceptors (Lipinski definition) is 6. The molecule has 138 valence electrons. The molecule has 3 aromatic rings. The summed E-state index contributed by atoms with van der Waals surface area (Å²) in [5.74, 6) is 0.930. The second-order valence-electron chi connectivity index (χ2n) is 6.04. The van der Waals surface area contributed by atoms with Crippen molar-refractivity contribution in [3.63, 3.8) is 0 Å². The number of aryl methyl sites for hydroxylation is 2. The lowest BCUT2D eigenvalue weighted by molar-refractivity contribution is -0.116. The number of carbonyl (C=O) groups excluding carboxylic acids is 1. The van der Waals surface area contributed by atoms with Crippen LogP contribution in [0.1, 0.15) is 35.9 Å². The number of carbonyl (C=O) groups is 1. The molecular formula is C19H20N6O2. The largest absolute Gasteiger partial charge is 0.492 e. The van der Waals surface area contributed by atoms with Gasteiger partial charge in [-0.25, -0.2) is 9.50 Å². The summed E-state index contributed by atoms with van der Waals surface area (Å²) in [4.78, 5) is 21.0. The highest BCUT2D eigenvalue weighted by atomic mass is 16.5. The van der Waals surface area contributed by atoms with E-state index < -0.39 is 0 Å². The summed E-state index contributed by atoms with van der Waals surface area (Å²) in [6.45, 7) is 6.17. The SMILES string of the molecule is CCOc1ccc(C#N)cc1NC(=O)CCc1c(C)nc2ncnn2c1C. The Kier molecular flexibility index (Phi) is 5.31. The molecule has 8 nitrogen and oxygen atoms in total. The number of fused-ring (bicyclic) bond motifs is 1. The smallest absolute Gasteiger partial charge is 0.252 e. The minimum Gasteiger partial charge on any atom is -0.492 e. The van der Waals surface area contributed by atoms with Crippen LogP contribution in [0.25, 0.3) is 5.78 Å². The molecule has 27 heavy (non-hydrogen) atoms. The normalized spacial score (nSPS) is 10.6. The number of amides is 1. The van der Waals surface area contributed by atoms with Crippen LogP contribution in [-0.2, 0) is 11.2 Å². The third-order valence-electron chi connectivity index (χ3n) is 4.27. The van der Waals surface area contributed by atoms with E-state index in [2.05, 4.69) is 26.5 Å². The Bertz CT molecular complexity index is 1030. The fourth-order valence-corrected chi connectivity index (χ4v) is 2.95. The van der Waals surface area contributed by atoms with Crippen molar-refractivity contribution in [1.29, 1.82) is 5.26 Å². The van der Waals surface area contributed by atoms with Crippen LogP contribution in [0.4, 0.5) is 5.69 Å². The number of aromatic nitrogens is 4. The van der Waals surface area contributed by atoms with E-state index in [1.165, 1.54) is 6.33 Å². The maximum absolute atomic E-state index is 12.5. The fourth-order valence-electron chi connectivity index (χ4n) is 2.95. The molecule has 0 aliphatic rings. The number of nitrogens with one attached hydrogen (secondary N) is 1. The van der Waals surface area contributed by atoms with Gasteiger partial charge in [-0.2, -0.15) is 15.3 Å². The Morgan fingerprint density at radius 1 is 1.37 bits per heavy atom. The summed E-state index contributed by atoms with van der Waals surface area (Å²) in [5, 5.41) is 16.1. The first-order valence-electron chi connectivity index (χ1n) is 8.66. The van der Waals surface area contributed by atoms with Crippen LogP contribution >= 0.6 is 0 Å². The second kappa shape index (κ2) is 7.83. The second-order valence-corrected chi connectivity index (χ2v) is 6.04. The van der Waals surface area contributed by atoms with Crippen molar-refractivity contribution < 1.29 is 9.53 Å². The number of nitriles is 1. The molecule has 0 fully saturated rings. The average Bonchev–Trinajstić information content (AvgIpc) is 3.11. The van der Waals surface area contributed by atoms with Crippen molar-refractivity contribution in [2.75, 3.05) is 11.9 Å². The van der Waals surface area contributed by atoms with E-state index in [9.17, 15) is 4.79 Å². The molecule has 2 heterocycles. The quantitative estimate of drug-likeness (QED) is 0.721. The maximum atomic E-state index is 12.5. The van der Waals surface area contributed by atoms with E-state index in [4.69, 9.17) is 10.00 Å². The number of benzene rings is 1. The van der Waals surface area contributed by atoms with Gasteiger partial charge in [-0.3, -0.25) is 4.79 Å². The van der Waals surface area contributed by atoms with Crippen LogP contribution in [-0.4, -0.2) is 32.1 Å². The summed E-state index contributed by atoms with van der Waals surface area (Å²) in [6.07, 6.45) is 2.25. The predicted octanol–water partition coefficient (Wildman–Crippen LogP) is 2.58. The maximum Gasteiger partial charge on any atom is 0.252 e. The molecule has 0 saturated heterocycles. The van der Waals surface area contributed by atoms with Gasteiger partial charge in [0.05, 0.1) is 23.9 Å². The van der Waals surface area contributed by atoms with Crippen molar-refractivity contribution >= 4 is 17.4 Å². The molecule has 0 aliphatic carbocycles. The highest BCUT2D eigenvalue weighted by molar-refractivity contribution is 5.92. The number of hydrogen-bond donors (Lipinski definition) is 1. The standard InChI is InChI=1S/C19H20N6O2/c1-4-27-17-7-5-14(10-20)9-16(17)24-18(26)8-6-15-12(2)23-19-21-11-22-25(19)13(15)3/h5,7,9,11H,4,6,8H2,1-3H3,(H,24,26). The molecular weight excluding hydrogens is 344 g/mol. The Morgan fingerprint density at radius 2 is 2.19 bits per heavy atom. The first kappa shape index (κ1) is 18.3. The number of anilines is 1. The summed E-state index contributed by atoms with van der Waals surface area (Å²) >= 11 is 0. The van der Waals surface area contributed by atoms with Crippen LogP contribution in [0, 0.1) is 25.2 Å². The lowest BCUT2D eigenvalue weighted by atomic mass is 10.1. The third-order valence-corrected chi connectivity index (χ3v) is 4.27. The summed E-state index contributed by atoms with van der Waals surface area (Å²) < 4.78 is 7.20.